The van der Waals surface area contributed by atoms with Crippen molar-refractivity contribution < 1.29 is 22.7 Å². The summed E-state index contributed by atoms with van der Waals surface area (Å²) < 4.78 is 53.9. The number of aromatic nitrogens is 3. The van der Waals surface area contributed by atoms with Gasteiger partial charge in [0.1, 0.15) is 11.6 Å². The van der Waals surface area contributed by atoms with Crippen molar-refractivity contribution in [3.63, 3.8) is 0 Å². The Hall–Kier alpha value is -2.68. The number of nitrogens with one attached hydrogen (secondary N) is 1. The summed E-state index contributed by atoms with van der Waals surface area (Å²) in [7, 11) is 0. The number of hydrogen-bond acceptors (Lipinski definition) is 4. The maximum Gasteiger partial charge on any atom is 0.419 e. The lowest BCUT2D eigenvalue weighted by Gasteiger charge is -2.21. The third-order valence-corrected chi connectivity index (χ3v) is 4.71. The van der Waals surface area contributed by atoms with Crippen molar-refractivity contribution in [2.24, 2.45) is 0 Å². The fourth-order valence-electron chi connectivity index (χ4n) is 3.21. The number of nitrogens with zero attached hydrogens (tertiary/aromatic N) is 3. The van der Waals surface area contributed by atoms with Crippen LogP contribution in [0.4, 0.5) is 23.4 Å². The molecule has 1 aliphatic rings. The molecular weight excluding hydrogens is 364 g/mol. The van der Waals surface area contributed by atoms with Gasteiger partial charge in [-0.2, -0.15) is 22.8 Å². The number of benzene rings is 1. The number of rotatable bonds is 4. The highest BCUT2D eigenvalue weighted by Crippen LogP contribution is 2.49. The van der Waals surface area contributed by atoms with Gasteiger partial charge in [-0.05, 0) is 37.5 Å². The van der Waals surface area contributed by atoms with Gasteiger partial charge in [0.15, 0.2) is 5.65 Å². The average molecular weight is 380 g/mol. The number of alkyl halides is 3. The van der Waals surface area contributed by atoms with E-state index in [1.54, 1.807) is 19.1 Å². The number of aryl methyl sites for hydroxylation is 1. The largest absolute Gasteiger partial charge is 0.419 e. The van der Waals surface area contributed by atoms with Gasteiger partial charge in [-0.25, -0.2) is 9.37 Å². The van der Waals surface area contributed by atoms with Crippen molar-refractivity contribution in [2.45, 2.75) is 38.1 Å². The Morgan fingerprint density at radius 1 is 1.22 bits per heavy atom. The molecule has 1 aliphatic carbocycles. The van der Waals surface area contributed by atoms with Crippen LogP contribution >= 0.6 is 0 Å². The van der Waals surface area contributed by atoms with Crippen molar-refractivity contribution in [1.29, 1.82) is 0 Å². The molecule has 3 aromatic rings. The fourth-order valence-corrected chi connectivity index (χ4v) is 3.21. The van der Waals surface area contributed by atoms with Crippen LogP contribution in [0.15, 0.2) is 30.3 Å². The number of halogens is 4. The molecule has 0 unspecified atom stereocenters. The molecule has 2 aromatic heterocycles. The van der Waals surface area contributed by atoms with E-state index >= 15 is 0 Å². The maximum atomic E-state index is 14.0. The first-order valence-corrected chi connectivity index (χ1v) is 8.34. The lowest BCUT2D eigenvalue weighted by molar-refractivity contribution is -0.140. The highest BCUT2D eigenvalue weighted by molar-refractivity contribution is 5.54. The first-order valence-electron chi connectivity index (χ1n) is 8.34. The molecule has 4 rings (SSSR count). The van der Waals surface area contributed by atoms with Crippen LogP contribution in [0.5, 0.6) is 0 Å². The third kappa shape index (κ3) is 3.12. The van der Waals surface area contributed by atoms with Crippen LogP contribution in [0.3, 0.4) is 0 Å². The van der Waals surface area contributed by atoms with Crippen LogP contribution in [0.25, 0.3) is 5.65 Å². The number of fused-ring (bicyclic) bond motifs is 1. The van der Waals surface area contributed by atoms with Gasteiger partial charge in [0, 0.05) is 17.8 Å². The van der Waals surface area contributed by atoms with E-state index in [1.807, 2.05) is 0 Å². The second kappa shape index (κ2) is 5.91. The Morgan fingerprint density at radius 3 is 2.56 bits per heavy atom. The highest BCUT2D eigenvalue weighted by Gasteiger charge is 2.46. The molecule has 0 bridgehead atoms. The Kier molecular flexibility index (Phi) is 3.88. The van der Waals surface area contributed by atoms with Gasteiger partial charge >= 0.3 is 6.18 Å². The topological polar surface area (TPSA) is 62.5 Å². The van der Waals surface area contributed by atoms with Gasteiger partial charge in [0.05, 0.1) is 23.4 Å². The molecular formula is C18H16F4N4O. The molecule has 0 saturated heterocycles. The fraction of sp³-hybridized carbons (Fsp3) is 0.333. The number of hydrogen-bond donors (Lipinski definition) is 2. The summed E-state index contributed by atoms with van der Waals surface area (Å²) in [5, 5.41) is 16.8. The monoisotopic (exact) mass is 380 g/mol. The Bertz CT molecular complexity index is 1020. The normalized spacial score (nSPS) is 15.9. The summed E-state index contributed by atoms with van der Waals surface area (Å²) >= 11 is 0. The standard InChI is InChI=1S/C18H16F4N4O/c1-10-6-16(26-15(23-10)8-12(9-27)25-26)24-17(4-5-17)11-2-3-13(14(19)7-11)18(20,21)22/h2-3,6-8,24,27H,4-5,9H2,1H3. The van der Waals surface area contributed by atoms with Crippen LogP contribution in [-0.4, -0.2) is 19.7 Å². The molecule has 2 N–H and O–H groups in total. The summed E-state index contributed by atoms with van der Waals surface area (Å²) in [6.45, 7) is 1.56. The Balaban J connectivity index is 1.72. The zero-order valence-corrected chi connectivity index (χ0v) is 14.3. The molecule has 0 radical (unpaired) electrons. The van der Waals surface area contributed by atoms with E-state index in [0.29, 0.717) is 41.3 Å². The van der Waals surface area contributed by atoms with Gasteiger partial charge in [-0.3, -0.25) is 0 Å². The van der Waals surface area contributed by atoms with Crippen LogP contribution in [0.1, 0.15) is 35.4 Å². The van der Waals surface area contributed by atoms with Crippen molar-refractivity contribution in [1.82, 2.24) is 14.6 Å². The van der Waals surface area contributed by atoms with E-state index in [1.165, 1.54) is 10.6 Å². The lowest BCUT2D eigenvalue weighted by atomic mass is 10.0. The molecule has 0 spiro atoms. The van der Waals surface area contributed by atoms with Crippen molar-refractivity contribution in [2.75, 3.05) is 5.32 Å². The minimum atomic E-state index is -4.73. The first-order chi connectivity index (χ1) is 12.7. The van der Waals surface area contributed by atoms with E-state index in [4.69, 9.17) is 0 Å². The van der Waals surface area contributed by atoms with Crippen LogP contribution < -0.4 is 5.32 Å². The predicted molar refractivity (Wildman–Crippen MR) is 89.6 cm³/mol. The molecule has 5 nitrogen and oxygen atoms in total. The maximum absolute atomic E-state index is 14.0. The second-order valence-electron chi connectivity index (χ2n) is 6.75. The number of anilines is 1. The minimum absolute atomic E-state index is 0.239. The van der Waals surface area contributed by atoms with E-state index in [0.717, 1.165) is 12.1 Å². The zero-order valence-electron chi connectivity index (χ0n) is 14.3. The molecule has 0 aliphatic heterocycles. The van der Waals surface area contributed by atoms with E-state index in [9.17, 15) is 22.7 Å². The van der Waals surface area contributed by atoms with Gasteiger partial charge in [-0.15, -0.1) is 0 Å². The van der Waals surface area contributed by atoms with E-state index < -0.39 is 23.1 Å². The SMILES string of the molecule is Cc1cc(NC2(c3ccc(C(F)(F)F)c(F)c3)CC2)n2nc(CO)cc2n1. The van der Waals surface area contributed by atoms with Crippen molar-refractivity contribution in [3.05, 3.63) is 58.7 Å². The van der Waals surface area contributed by atoms with Crippen LogP contribution in [-0.2, 0) is 18.3 Å². The summed E-state index contributed by atoms with van der Waals surface area (Å²) in [6.07, 6.45) is -3.43. The summed E-state index contributed by atoms with van der Waals surface area (Å²) in [5.74, 6) is -0.708. The molecule has 9 heteroatoms. The van der Waals surface area contributed by atoms with Crippen molar-refractivity contribution >= 4 is 11.5 Å². The highest BCUT2D eigenvalue weighted by atomic mass is 19.4. The summed E-state index contributed by atoms with van der Waals surface area (Å²) in [5.41, 5.74) is 0.215. The zero-order chi connectivity index (χ0) is 19.4. The molecule has 1 saturated carbocycles. The molecule has 1 aromatic carbocycles. The van der Waals surface area contributed by atoms with Crippen molar-refractivity contribution in [3.8, 4) is 0 Å². The predicted octanol–water partition coefficient (Wildman–Crippen LogP) is 3.79. The second-order valence-corrected chi connectivity index (χ2v) is 6.75. The minimum Gasteiger partial charge on any atom is -0.390 e. The number of aliphatic hydroxyl groups is 1. The lowest BCUT2D eigenvalue weighted by Crippen LogP contribution is -2.22. The van der Waals surface area contributed by atoms with Gasteiger partial charge in [-0.1, -0.05) is 6.07 Å². The first kappa shape index (κ1) is 17.7. The molecule has 27 heavy (non-hydrogen) atoms. The van der Waals surface area contributed by atoms with Gasteiger partial charge in [0.25, 0.3) is 0 Å². The summed E-state index contributed by atoms with van der Waals surface area (Å²) in [4.78, 5) is 4.35. The average Bonchev–Trinajstić information content (AvgIpc) is 3.24. The molecule has 2 heterocycles. The smallest absolute Gasteiger partial charge is 0.390 e. The van der Waals surface area contributed by atoms with Gasteiger partial charge < -0.3 is 10.4 Å². The number of aliphatic hydroxyl groups excluding tert-OH is 1. The molecule has 1 fully saturated rings. The van der Waals surface area contributed by atoms with E-state index in [2.05, 4.69) is 15.4 Å². The van der Waals surface area contributed by atoms with Crippen LogP contribution in [0.2, 0.25) is 0 Å². The van der Waals surface area contributed by atoms with Gasteiger partial charge in [0.2, 0.25) is 0 Å². The molecule has 0 amide bonds. The molecule has 0 atom stereocenters. The quantitative estimate of drug-likeness (QED) is 0.676. The Labute approximate surface area is 151 Å². The Morgan fingerprint density at radius 2 is 1.96 bits per heavy atom. The van der Waals surface area contributed by atoms with E-state index in [-0.39, 0.29) is 6.61 Å². The van der Waals surface area contributed by atoms with Crippen LogP contribution in [0, 0.1) is 12.7 Å². The summed E-state index contributed by atoms with van der Waals surface area (Å²) in [6, 6.07) is 6.42. The third-order valence-electron chi connectivity index (χ3n) is 4.71. The molecule has 142 valence electrons.